The number of amides is 2. The highest BCUT2D eigenvalue weighted by Crippen LogP contribution is 2.22. The van der Waals surface area contributed by atoms with Gasteiger partial charge in [-0.15, -0.1) is 0 Å². The van der Waals surface area contributed by atoms with Gasteiger partial charge in [0.25, 0.3) is 11.8 Å². The number of ether oxygens (including phenoxy) is 1. The predicted octanol–water partition coefficient (Wildman–Crippen LogP) is 2.56. The monoisotopic (exact) mass is 444 g/mol. The van der Waals surface area contributed by atoms with Crippen LogP contribution < -0.4 is 0 Å². The summed E-state index contributed by atoms with van der Waals surface area (Å²) in [5.74, 6) is -1.30. The summed E-state index contributed by atoms with van der Waals surface area (Å²) < 4.78 is 31.5. The lowest BCUT2D eigenvalue weighted by Gasteiger charge is -2.18. The first-order chi connectivity index (χ1) is 14.8. The summed E-state index contributed by atoms with van der Waals surface area (Å²) in [6.07, 6.45) is 0.297. The Balaban J connectivity index is 1.53. The zero-order valence-corrected chi connectivity index (χ0v) is 18.2. The minimum absolute atomic E-state index is 0.0196. The van der Waals surface area contributed by atoms with Crippen LogP contribution in [0.2, 0.25) is 0 Å². The third-order valence-corrected chi connectivity index (χ3v) is 7.13. The van der Waals surface area contributed by atoms with Crippen molar-refractivity contribution < 1.29 is 27.5 Å². The van der Waals surface area contributed by atoms with Crippen LogP contribution in [0.4, 0.5) is 0 Å². The van der Waals surface area contributed by atoms with Crippen molar-refractivity contribution in [1.29, 1.82) is 0 Å². The first-order valence-corrected chi connectivity index (χ1v) is 11.5. The Morgan fingerprint density at radius 3 is 2.00 bits per heavy atom. The van der Waals surface area contributed by atoms with E-state index in [0.717, 1.165) is 4.90 Å². The van der Waals surface area contributed by atoms with Gasteiger partial charge in [0, 0.05) is 19.6 Å². The average Bonchev–Trinajstić information content (AvgIpc) is 3.02. The Labute approximate surface area is 181 Å². The van der Waals surface area contributed by atoms with Gasteiger partial charge >= 0.3 is 5.97 Å². The van der Waals surface area contributed by atoms with Crippen molar-refractivity contribution in [1.82, 2.24) is 9.21 Å². The fourth-order valence-corrected chi connectivity index (χ4v) is 4.85. The maximum Gasteiger partial charge on any atom is 0.338 e. The van der Waals surface area contributed by atoms with Crippen molar-refractivity contribution in [3.8, 4) is 0 Å². The Bertz CT molecular complexity index is 1060. The number of carbonyl (C=O) groups excluding carboxylic acids is 3. The molecule has 0 unspecified atom stereocenters. The second-order valence-electron chi connectivity index (χ2n) is 6.91. The molecule has 0 aliphatic carbocycles. The maximum absolute atomic E-state index is 12.5. The van der Waals surface area contributed by atoms with Crippen LogP contribution in [-0.4, -0.2) is 61.6 Å². The first kappa shape index (κ1) is 22.6. The zero-order valence-electron chi connectivity index (χ0n) is 17.4. The molecule has 0 atom stereocenters. The van der Waals surface area contributed by atoms with Crippen LogP contribution in [-0.2, 0) is 14.8 Å². The molecule has 1 aliphatic rings. The van der Waals surface area contributed by atoms with Gasteiger partial charge in [-0.3, -0.25) is 14.5 Å². The molecule has 0 saturated carbocycles. The van der Waals surface area contributed by atoms with Crippen molar-refractivity contribution in [2.75, 3.05) is 26.2 Å². The fourth-order valence-electron chi connectivity index (χ4n) is 3.39. The van der Waals surface area contributed by atoms with Crippen LogP contribution >= 0.6 is 0 Å². The van der Waals surface area contributed by atoms with Gasteiger partial charge in [-0.1, -0.05) is 26.0 Å². The van der Waals surface area contributed by atoms with Crippen molar-refractivity contribution in [2.45, 2.75) is 25.2 Å². The number of imide groups is 1. The molecule has 8 nitrogen and oxygen atoms in total. The number of esters is 1. The number of sulfonamides is 1. The molecule has 2 aromatic rings. The summed E-state index contributed by atoms with van der Waals surface area (Å²) in [7, 11) is -3.60. The minimum Gasteiger partial charge on any atom is -0.462 e. The lowest BCUT2D eigenvalue weighted by atomic mass is 10.1. The van der Waals surface area contributed by atoms with E-state index in [-0.39, 0.29) is 35.4 Å². The van der Waals surface area contributed by atoms with E-state index in [9.17, 15) is 22.8 Å². The fraction of sp³-hybridized carbons (Fsp3) is 0.318. The lowest BCUT2D eigenvalue weighted by molar-refractivity contribution is 0.0482. The van der Waals surface area contributed by atoms with Crippen molar-refractivity contribution in [2.24, 2.45) is 0 Å². The highest BCUT2D eigenvalue weighted by atomic mass is 32.2. The Morgan fingerprint density at radius 1 is 0.935 bits per heavy atom. The van der Waals surface area contributed by atoms with Crippen LogP contribution in [0.1, 0.15) is 51.3 Å². The molecule has 0 spiro atoms. The SMILES string of the molecule is CCN(CC)S(=O)(=O)c1ccc(C(=O)OCCCN2C(=O)c3ccccc3C2=O)cc1. The number of hydrogen-bond donors (Lipinski definition) is 0. The minimum atomic E-state index is -3.60. The number of nitrogens with zero attached hydrogens (tertiary/aromatic N) is 2. The number of fused-ring (bicyclic) bond motifs is 1. The molecule has 0 fully saturated rings. The lowest BCUT2D eigenvalue weighted by Crippen LogP contribution is -2.31. The van der Waals surface area contributed by atoms with Crippen LogP contribution in [0, 0.1) is 0 Å². The van der Waals surface area contributed by atoms with Crippen molar-refractivity contribution in [3.05, 3.63) is 65.2 Å². The van der Waals surface area contributed by atoms with Gasteiger partial charge in [-0.05, 0) is 42.8 Å². The molecule has 0 bridgehead atoms. The second kappa shape index (κ2) is 9.40. The predicted molar refractivity (Wildman–Crippen MR) is 113 cm³/mol. The highest BCUT2D eigenvalue weighted by molar-refractivity contribution is 7.89. The second-order valence-corrected chi connectivity index (χ2v) is 8.85. The topological polar surface area (TPSA) is 101 Å². The van der Waals surface area contributed by atoms with E-state index in [1.165, 1.54) is 28.6 Å². The van der Waals surface area contributed by atoms with E-state index >= 15 is 0 Å². The Kier molecular flexibility index (Phi) is 6.87. The van der Waals surface area contributed by atoms with E-state index in [1.54, 1.807) is 38.1 Å². The van der Waals surface area contributed by atoms with Crippen LogP contribution in [0.3, 0.4) is 0 Å². The number of benzene rings is 2. The molecule has 0 N–H and O–H groups in total. The molecule has 9 heteroatoms. The van der Waals surface area contributed by atoms with Crippen LogP contribution in [0.25, 0.3) is 0 Å². The number of carbonyl (C=O) groups is 3. The zero-order chi connectivity index (χ0) is 22.6. The van der Waals surface area contributed by atoms with Gasteiger partial charge in [0.05, 0.1) is 28.2 Å². The van der Waals surface area contributed by atoms with Crippen molar-refractivity contribution >= 4 is 27.8 Å². The average molecular weight is 445 g/mol. The summed E-state index contributed by atoms with van der Waals surface area (Å²) in [5.41, 5.74) is 0.979. The van der Waals surface area contributed by atoms with Crippen LogP contribution in [0.5, 0.6) is 0 Å². The Hall–Kier alpha value is -3.04. The standard InChI is InChI=1S/C22H24N2O6S/c1-3-23(4-2)31(28,29)17-12-10-16(11-13-17)22(27)30-15-7-14-24-20(25)18-8-5-6-9-19(18)21(24)26/h5-6,8-13H,3-4,7,14-15H2,1-2H3. The molecule has 0 aromatic heterocycles. The molecule has 3 rings (SSSR count). The van der Waals surface area contributed by atoms with Gasteiger partial charge in [-0.25, -0.2) is 13.2 Å². The molecular formula is C22H24N2O6S. The van der Waals surface area contributed by atoms with E-state index in [1.807, 2.05) is 0 Å². The summed E-state index contributed by atoms with van der Waals surface area (Å²) in [6.45, 7) is 4.39. The summed E-state index contributed by atoms with van der Waals surface area (Å²) in [5, 5.41) is 0. The van der Waals surface area contributed by atoms with Gasteiger partial charge in [0.2, 0.25) is 10.0 Å². The third-order valence-electron chi connectivity index (χ3n) is 5.07. The molecule has 0 radical (unpaired) electrons. The smallest absolute Gasteiger partial charge is 0.338 e. The first-order valence-electron chi connectivity index (χ1n) is 10.0. The summed E-state index contributed by atoms with van der Waals surface area (Å²) in [6, 6.07) is 12.2. The summed E-state index contributed by atoms with van der Waals surface area (Å²) >= 11 is 0. The van der Waals surface area contributed by atoms with E-state index in [0.29, 0.717) is 30.6 Å². The third kappa shape index (κ3) is 4.52. The number of rotatable bonds is 9. The molecule has 31 heavy (non-hydrogen) atoms. The maximum atomic E-state index is 12.5. The quantitative estimate of drug-likeness (QED) is 0.335. The largest absolute Gasteiger partial charge is 0.462 e. The van der Waals surface area contributed by atoms with Gasteiger partial charge in [-0.2, -0.15) is 4.31 Å². The molecule has 2 aromatic carbocycles. The van der Waals surface area contributed by atoms with Gasteiger partial charge < -0.3 is 4.74 Å². The molecular weight excluding hydrogens is 420 g/mol. The molecule has 1 heterocycles. The van der Waals surface area contributed by atoms with E-state index < -0.39 is 16.0 Å². The van der Waals surface area contributed by atoms with E-state index in [4.69, 9.17) is 4.74 Å². The molecule has 0 saturated heterocycles. The van der Waals surface area contributed by atoms with Crippen molar-refractivity contribution in [3.63, 3.8) is 0 Å². The van der Waals surface area contributed by atoms with E-state index in [2.05, 4.69) is 0 Å². The van der Waals surface area contributed by atoms with Gasteiger partial charge in [0.1, 0.15) is 0 Å². The molecule has 1 aliphatic heterocycles. The molecule has 2 amide bonds. The number of hydrogen-bond acceptors (Lipinski definition) is 6. The molecule has 164 valence electrons. The highest BCUT2D eigenvalue weighted by Gasteiger charge is 2.34. The van der Waals surface area contributed by atoms with Gasteiger partial charge in [0.15, 0.2) is 0 Å². The Morgan fingerprint density at radius 2 is 1.48 bits per heavy atom. The normalized spacial score (nSPS) is 13.6. The van der Waals surface area contributed by atoms with Crippen LogP contribution in [0.15, 0.2) is 53.4 Å². The summed E-state index contributed by atoms with van der Waals surface area (Å²) in [4.78, 5) is 38.1.